The summed E-state index contributed by atoms with van der Waals surface area (Å²) >= 11 is 1.28. The van der Waals surface area contributed by atoms with Gasteiger partial charge in [-0.3, -0.25) is 0 Å². The summed E-state index contributed by atoms with van der Waals surface area (Å²) in [5.41, 5.74) is 1.67. The number of rotatable bonds is 6. The number of carboxylic acids is 1. The van der Waals surface area contributed by atoms with Crippen LogP contribution in [0, 0.1) is 13.8 Å². The molecule has 0 saturated carbocycles. The van der Waals surface area contributed by atoms with Crippen LogP contribution in [0.4, 0.5) is 0 Å². The van der Waals surface area contributed by atoms with Gasteiger partial charge < -0.3 is 9.84 Å². The minimum atomic E-state index is -3.76. The van der Waals surface area contributed by atoms with E-state index in [0.29, 0.717) is 32.1 Å². The number of hydrogen-bond acceptors (Lipinski definition) is 6. The lowest BCUT2D eigenvalue weighted by Crippen LogP contribution is -2.27. The van der Waals surface area contributed by atoms with Gasteiger partial charge in [-0.25, -0.2) is 18.2 Å². The fourth-order valence-corrected chi connectivity index (χ4v) is 5.77. The van der Waals surface area contributed by atoms with E-state index in [9.17, 15) is 18.3 Å². The molecule has 1 aromatic heterocycles. The largest absolute Gasteiger partial charge is 0.497 e. The van der Waals surface area contributed by atoms with Crippen molar-refractivity contribution in [2.75, 3.05) is 14.2 Å². The summed E-state index contributed by atoms with van der Waals surface area (Å²) in [4.78, 5) is 16.0. The SMILES string of the molecule is COc1cc(C)c(S(=O)(=O)N(C)Cc2nc3c(C(=O)O)cccc3s2)c(C)c1. The summed E-state index contributed by atoms with van der Waals surface area (Å²) in [6, 6.07) is 8.28. The van der Waals surface area contributed by atoms with Crippen LogP contribution in [0.3, 0.4) is 0 Å². The number of nitrogens with zero attached hydrogens (tertiary/aromatic N) is 2. The van der Waals surface area contributed by atoms with Gasteiger partial charge >= 0.3 is 5.97 Å². The van der Waals surface area contributed by atoms with Gasteiger partial charge in [-0.1, -0.05) is 6.07 Å². The Balaban J connectivity index is 1.97. The molecule has 2 aromatic carbocycles. The molecule has 7 nitrogen and oxygen atoms in total. The minimum Gasteiger partial charge on any atom is -0.497 e. The van der Waals surface area contributed by atoms with Gasteiger partial charge in [0.2, 0.25) is 10.0 Å². The van der Waals surface area contributed by atoms with Crippen molar-refractivity contribution in [1.29, 1.82) is 0 Å². The van der Waals surface area contributed by atoms with E-state index in [1.165, 1.54) is 35.9 Å². The lowest BCUT2D eigenvalue weighted by molar-refractivity contribution is 0.0699. The molecule has 0 saturated heterocycles. The number of ether oxygens (including phenoxy) is 1. The van der Waals surface area contributed by atoms with Gasteiger partial charge in [0.25, 0.3) is 0 Å². The maximum absolute atomic E-state index is 13.1. The van der Waals surface area contributed by atoms with Crippen LogP contribution in [0.2, 0.25) is 0 Å². The predicted octanol–water partition coefficient (Wildman–Crippen LogP) is 3.44. The van der Waals surface area contributed by atoms with Crippen LogP contribution in [0.1, 0.15) is 26.5 Å². The molecule has 1 heterocycles. The van der Waals surface area contributed by atoms with E-state index in [1.807, 2.05) is 0 Å². The molecule has 0 fully saturated rings. The Morgan fingerprint density at radius 1 is 1.25 bits per heavy atom. The normalized spacial score (nSPS) is 11.9. The molecule has 28 heavy (non-hydrogen) atoms. The molecule has 9 heteroatoms. The number of sulfonamides is 1. The van der Waals surface area contributed by atoms with E-state index in [1.54, 1.807) is 38.1 Å². The lowest BCUT2D eigenvalue weighted by atomic mass is 10.1. The van der Waals surface area contributed by atoms with E-state index >= 15 is 0 Å². The second-order valence-corrected chi connectivity index (χ2v) is 9.51. The van der Waals surface area contributed by atoms with Gasteiger partial charge in [0.1, 0.15) is 10.8 Å². The van der Waals surface area contributed by atoms with Crippen molar-refractivity contribution in [1.82, 2.24) is 9.29 Å². The first-order chi connectivity index (χ1) is 13.1. The zero-order valence-corrected chi connectivity index (χ0v) is 17.5. The van der Waals surface area contributed by atoms with E-state index in [0.717, 1.165) is 0 Å². The zero-order chi connectivity index (χ0) is 20.6. The van der Waals surface area contributed by atoms with E-state index in [-0.39, 0.29) is 17.0 Å². The van der Waals surface area contributed by atoms with Crippen LogP contribution in [0.15, 0.2) is 35.2 Å². The Labute approximate surface area is 167 Å². The number of methoxy groups -OCH3 is 1. The number of aryl methyl sites for hydroxylation is 2. The van der Waals surface area contributed by atoms with Crippen molar-refractivity contribution < 1.29 is 23.1 Å². The molecule has 1 N–H and O–H groups in total. The van der Waals surface area contributed by atoms with Gasteiger partial charge in [-0.05, 0) is 49.2 Å². The molecule has 0 aliphatic heterocycles. The summed E-state index contributed by atoms with van der Waals surface area (Å²) in [6.07, 6.45) is 0. The third-order valence-electron chi connectivity index (χ3n) is 4.39. The van der Waals surface area contributed by atoms with Crippen molar-refractivity contribution in [3.63, 3.8) is 0 Å². The van der Waals surface area contributed by atoms with E-state index in [2.05, 4.69) is 4.98 Å². The number of thiazole rings is 1. The van der Waals surface area contributed by atoms with Crippen molar-refractivity contribution in [2.24, 2.45) is 0 Å². The highest BCUT2D eigenvalue weighted by Gasteiger charge is 2.26. The van der Waals surface area contributed by atoms with Gasteiger partial charge in [0.15, 0.2) is 0 Å². The topological polar surface area (TPSA) is 96.8 Å². The summed E-state index contributed by atoms with van der Waals surface area (Å²) in [7, 11) is -0.736. The number of para-hydroxylation sites is 1. The van der Waals surface area contributed by atoms with E-state index < -0.39 is 16.0 Å². The number of fused-ring (bicyclic) bond motifs is 1. The van der Waals surface area contributed by atoms with Gasteiger partial charge in [-0.2, -0.15) is 4.31 Å². The highest BCUT2D eigenvalue weighted by Crippen LogP contribution is 2.30. The molecule has 3 aromatic rings. The maximum atomic E-state index is 13.1. The first-order valence-electron chi connectivity index (χ1n) is 8.38. The molecule has 0 spiro atoms. The Morgan fingerprint density at radius 3 is 2.46 bits per heavy atom. The van der Waals surface area contributed by atoms with E-state index in [4.69, 9.17) is 4.74 Å². The van der Waals surface area contributed by atoms with Crippen LogP contribution in [-0.4, -0.2) is 42.9 Å². The third kappa shape index (κ3) is 3.60. The van der Waals surface area contributed by atoms with Crippen LogP contribution in [0.25, 0.3) is 10.2 Å². The van der Waals surface area contributed by atoms with Crippen molar-refractivity contribution in [2.45, 2.75) is 25.3 Å². The zero-order valence-electron chi connectivity index (χ0n) is 15.9. The van der Waals surface area contributed by atoms with Gasteiger partial charge in [-0.15, -0.1) is 11.3 Å². The average molecular weight is 421 g/mol. The minimum absolute atomic E-state index is 0.0473. The fraction of sp³-hybridized carbons (Fsp3) is 0.263. The quantitative estimate of drug-likeness (QED) is 0.656. The Morgan fingerprint density at radius 2 is 1.89 bits per heavy atom. The average Bonchev–Trinajstić information content (AvgIpc) is 3.02. The molecule has 0 aliphatic carbocycles. The number of aromatic nitrogens is 1. The third-order valence-corrected chi connectivity index (χ3v) is 7.50. The molecule has 0 radical (unpaired) electrons. The number of aromatic carboxylic acids is 1. The first-order valence-corrected chi connectivity index (χ1v) is 10.6. The van der Waals surface area contributed by atoms with Crippen LogP contribution in [0.5, 0.6) is 5.75 Å². The molecule has 0 bridgehead atoms. The van der Waals surface area contributed by atoms with Crippen LogP contribution >= 0.6 is 11.3 Å². The number of benzene rings is 2. The lowest BCUT2D eigenvalue weighted by Gasteiger charge is -2.19. The maximum Gasteiger partial charge on any atom is 0.337 e. The summed E-state index contributed by atoms with van der Waals surface area (Å²) in [5, 5.41) is 9.83. The molecule has 148 valence electrons. The standard InChI is InChI=1S/C19H20N2O5S2/c1-11-8-13(26-4)9-12(2)18(11)28(24,25)21(3)10-16-20-17-14(19(22)23)6-5-7-15(17)27-16/h5-9H,10H2,1-4H3,(H,22,23). The Kier molecular flexibility index (Phi) is 5.42. The predicted molar refractivity (Wildman–Crippen MR) is 108 cm³/mol. The Hall–Kier alpha value is -2.49. The Bertz CT molecular complexity index is 1150. The number of carbonyl (C=O) groups is 1. The fourth-order valence-electron chi connectivity index (χ4n) is 3.10. The second-order valence-electron chi connectivity index (χ2n) is 6.42. The summed E-state index contributed by atoms with van der Waals surface area (Å²) in [5.74, 6) is -0.461. The summed E-state index contributed by atoms with van der Waals surface area (Å²) in [6.45, 7) is 3.51. The number of hydrogen-bond donors (Lipinski definition) is 1. The smallest absolute Gasteiger partial charge is 0.337 e. The molecular weight excluding hydrogens is 400 g/mol. The van der Waals surface area contributed by atoms with Crippen molar-refractivity contribution in [3.05, 3.63) is 52.0 Å². The molecule has 0 amide bonds. The molecule has 0 atom stereocenters. The molecule has 0 aliphatic rings. The molecule has 0 unspecified atom stereocenters. The summed E-state index contributed by atoms with van der Waals surface area (Å²) < 4.78 is 33.4. The van der Waals surface area contributed by atoms with Gasteiger partial charge in [0.05, 0.1) is 34.3 Å². The second kappa shape index (κ2) is 7.50. The van der Waals surface area contributed by atoms with Crippen molar-refractivity contribution in [3.8, 4) is 5.75 Å². The van der Waals surface area contributed by atoms with Crippen LogP contribution < -0.4 is 4.74 Å². The highest BCUT2D eigenvalue weighted by molar-refractivity contribution is 7.89. The highest BCUT2D eigenvalue weighted by atomic mass is 32.2. The van der Waals surface area contributed by atoms with Crippen LogP contribution in [-0.2, 0) is 16.6 Å². The van der Waals surface area contributed by atoms with Crippen molar-refractivity contribution >= 4 is 37.5 Å². The molecule has 3 rings (SSSR count). The van der Waals surface area contributed by atoms with Gasteiger partial charge in [0, 0.05) is 7.05 Å². The number of carboxylic acid groups (broad SMARTS) is 1. The monoisotopic (exact) mass is 420 g/mol. The molecular formula is C19H20N2O5S2. The first kappa shape index (κ1) is 20.2.